The quantitative estimate of drug-likeness (QED) is 0.678. The molecule has 16 heavy (non-hydrogen) atoms. The second-order valence-corrected chi connectivity index (χ2v) is 3.49. The third kappa shape index (κ3) is 1.40. The van der Waals surface area contributed by atoms with Crippen LogP contribution in [0.5, 0.6) is 0 Å². The zero-order valence-corrected chi connectivity index (χ0v) is 8.68. The van der Waals surface area contributed by atoms with Crippen molar-refractivity contribution >= 4 is 17.4 Å². The third-order valence-corrected chi connectivity index (χ3v) is 2.26. The monoisotopic (exact) mass is 214 g/mol. The molecule has 2 N–H and O–H groups in total. The number of H-pyrrole nitrogens is 1. The summed E-state index contributed by atoms with van der Waals surface area (Å²) in [7, 11) is 0. The lowest BCUT2D eigenvalue weighted by Crippen LogP contribution is -2.00. The van der Waals surface area contributed by atoms with Gasteiger partial charge in [-0.2, -0.15) is 5.10 Å². The molecule has 3 aromatic rings. The first-order valence-corrected chi connectivity index (χ1v) is 4.90. The molecule has 0 spiro atoms. The molecule has 0 amide bonds. The Labute approximate surface area is 91.4 Å². The normalized spacial score (nSPS) is 10.8. The fraction of sp³-hybridized carbons (Fsp3) is 0.100. The molecular formula is C10H10N6. The molecule has 0 radical (unpaired) electrons. The van der Waals surface area contributed by atoms with E-state index in [0.717, 1.165) is 17.2 Å². The molecule has 6 heteroatoms. The number of rotatable bonds is 2. The Hall–Kier alpha value is -2.37. The van der Waals surface area contributed by atoms with Crippen molar-refractivity contribution in [2.75, 3.05) is 5.32 Å². The maximum absolute atomic E-state index is 4.24. The smallest absolute Gasteiger partial charge is 0.214 e. The van der Waals surface area contributed by atoms with Gasteiger partial charge < -0.3 is 5.32 Å². The van der Waals surface area contributed by atoms with Gasteiger partial charge in [0.25, 0.3) is 0 Å². The summed E-state index contributed by atoms with van der Waals surface area (Å²) in [5.41, 5.74) is 1.85. The molecule has 0 atom stereocenters. The molecule has 0 saturated heterocycles. The van der Waals surface area contributed by atoms with Crippen molar-refractivity contribution in [1.82, 2.24) is 24.6 Å². The number of hydrogen-bond donors (Lipinski definition) is 2. The van der Waals surface area contributed by atoms with Gasteiger partial charge in [-0.1, -0.05) is 0 Å². The predicted molar refractivity (Wildman–Crippen MR) is 59.6 cm³/mol. The van der Waals surface area contributed by atoms with Crippen molar-refractivity contribution in [1.29, 1.82) is 0 Å². The molecule has 0 aliphatic carbocycles. The Morgan fingerprint density at radius 2 is 2.25 bits per heavy atom. The van der Waals surface area contributed by atoms with E-state index >= 15 is 0 Å². The Balaban J connectivity index is 2.03. The fourth-order valence-electron chi connectivity index (χ4n) is 1.54. The van der Waals surface area contributed by atoms with Crippen molar-refractivity contribution in [2.24, 2.45) is 0 Å². The molecule has 0 aliphatic rings. The van der Waals surface area contributed by atoms with Crippen LogP contribution in [0.15, 0.2) is 30.7 Å². The van der Waals surface area contributed by atoms with E-state index < -0.39 is 0 Å². The van der Waals surface area contributed by atoms with Crippen LogP contribution in [0.3, 0.4) is 0 Å². The maximum Gasteiger partial charge on any atom is 0.214 e. The number of nitrogens with one attached hydrogen (secondary N) is 2. The van der Waals surface area contributed by atoms with Gasteiger partial charge in [0.2, 0.25) is 5.95 Å². The van der Waals surface area contributed by atoms with Crippen molar-refractivity contribution in [3.8, 4) is 0 Å². The van der Waals surface area contributed by atoms with Crippen molar-refractivity contribution in [3.63, 3.8) is 0 Å². The van der Waals surface area contributed by atoms with Gasteiger partial charge >= 0.3 is 0 Å². The SMILES string of the molecule is Cc1cc(Nc2nccc3nccn23)n[nH]1. The van der Waals surface area contributed by atoms with Crippen molar-refractivity contribution in [3.05, 3.63) is 36.4 Å². The first-order valence-electron chi connectivity index (χ1n) is 4.90. The number of anilines is 2. The highest BCUT2D eigenvalue weighted by Crippen LogP contribution is 2.13. The van der Waals surface area contributed by atoms with E-state index in [0.29, 0.717) is 5.95 Å². The second kappa shape index (κ2) is 3.34. The molecule has 6 nitrogen and oxygen atoms in total. The Morgan fingerprint density at radius 1 is 1.31 bits per heavy atom. The molecule has 0 fully saturated rings. The number of aromatic nitrogens is 5. The average Bonchev–Trinajstić information content (AvgIpc) is 2.87. The van der Waals surface area contributed by atoms with Gasteiger partial charge in [0.05, 0.1) is 0 Å². The van der Waals surface area contributed by atoms with Crippen LogP contribution in [-0.4, -0.2) is 24.6 Å². The zero-order chi connectivity index (χ0) is 11.0. The van der Waals surface area contributed by atoms with E-state index in [-0.39, 0.29) is 0 Å². The van der Waals surface area contributed by atoms with Crippen LogP contribution in [0.2, 0.25) is 0 Å². The molecule has 3 heterocycles. The number of imidazole rings is 1. The minimum Gasteiger partial charge on any atom is -0.308 e. The maximum atomic E-state index is 4.24. The summed E-state index contributed by atoms with van der Waals surface area (Å²) in [6, 6.07) is 3.76. The van der Waals surface area contributed by atoms with Gasteiger partial charge in [-0.15, -0.1) is 0 Å². The summed E-state index contributed by atoms with van der Waals surface area (Å²) in [5, 5.41) is 10.1. The summed E-state index contributed by atoms with van der Waals surface area (Å²) >= 11 is 0. The molecular weight excluding hydrogens is 204 g/mol. The van der Waals surface area contributed by atoms with Crippen LogP contribution in [0.1, 0.15) is 5.69 Å². The first-order chi connectivity index (χ1) is 7.83. The van der Waals surface area contributed by atoms with E-state index in [1.165, 1.54) is 0 Å². The van der Waals surface area contributed by atoms with E-state index in [2.05, 4.69) is 25.5 Å². The highest BCUT2D eigenvalue weighted by molar-refractivity contribution is 5.53. The fourth-order valence-corrected chi connectivity index (χ4v) is 1.54. The minimum absolute atomic E-state index is 0.696. The molecule has 3 aromatic heterocycles. The largest absolute Gasteiger partial charge is 0.308 e. The van der Waals surface area contributed by atoms with Gasteiger partial charge in [0, 0.05) is 30.4 Å². The van der Waals surface area contributed by atoms with Crippen LogP contribution < -0.4 is 5.32 Å². The topological polar surface area (TPSA) is 70.9 Å². The van der Waals surface area contributed by atoms with E-state index in [9.17, 15) is 0 Å². The van der Waals surface area contributed by atoms with Crippen LogP contribution in [0.4, 0.5) is 11.8 Å². The highest BCUT2D eigenvalue weighted by atomic mass is 15.3. The molecule has 0 bridgehead atoms. The number of nitrogens with zero attached hydrogens (tertiary/aromatic N) is 4. The van der Waals surface area contributed by atoms with Crippen molar-refractivity contribution in [2.45, 2.75) is 6.92 Å². The third-order valence-electron chi connectivity index (χ3n) is 2.26. The number of aromatic amines is 1. The Bertz CT molecular complexity index is 623. The summed E-state index contributed by atoms with van der Waals surface area (Å²) in [5.74, 6) is 1.44. The number of aryl methyl sites for hydroxylation is 1. The van der Waals surface area contributed by atoms with E-state index in [4.69, 9.17) is 0 Å². The molecule has 3 rings (SSSR count). The van der Waals surface area contributed by atoms with Crippen LogP contribution in [0, 0.1) is 6.92 Å². The molecule has 0 aliphatic heterocycles. The average molecular weight is 214 g/mol. The molecule has 0 unspecified atom stereocenters. The number of hydrogen-bond acceptors (Lipinski definition) is 4. The van der Waals surface area contributed by atoms with Gasteiger partial charge in [-0.3, -0.25) is 9.50 Å². The van der Waals surface area contributed by atoms with Gasteiger partial charge in [0.1, 0.15) is 5.65 Å². The van der Waals surface area contributed by atoms with Crippen LogP contribution in [0.25, 0.3) is 5.65 Å². The summed E-state index contributed by atoms with van der Waals surface area (Å²) < 4.78 is 1.87. The molecule has 0 saturated carbocycles. The molecule has 80 valence electrons. The summed E-state index contributed by atoms with van der Waals surface area (Å²) in [6.45, 7) is 1.95. The van der Waals surface area contributed by atoms with E-state index in [1.807, 2.05) is 29.7 Å². The lowest BCUT2D eigenvalue weighted by Gasteiger charge is -2.03. The summed E-state index contributed by atoms with van der Waals surface area (Å²) in [6.07, 6.45) is 5.30. The lowest BCUT2D eigenvalue weighted by atomic mass is 10.5. The standard InChI is InChI=1S/C10H10N6/c1-7-6-8(15-14-7)13-10-12-3-2-9-11-4-5-16(9)10/h2-6H,1H3,(H2,12,13,14,15). The Morgan fingerprint density at radius 3 is 3.06 bits per heavy atom. The summed E-state index contributed by atoms with van der Waals surface area (Å²) in [4.78, 5) is 8.42. The lowest BCUT2D eigenvalue weighted by molar-refractivity contribution is 1.03. The van der Waals surface area contributed by atoms with Gasteiger partial charge in [-0.25, -0.2) is 9.97 Å². The van der Waals surface area contributed by atoms with Crippen LogP contribution in [-0.2, 0) is 0 Å². The molecule has 0 aromatic carbocycles. The van der Waals surface area contributed by atoms with E-state index in [1.54, 1.807) is 12.4 Å². The van der Waals surface area contributed by atoms with Gasteiger partial charge in [0.15, 0.2) is 5.82 Å². The predicted octanol–water partition coefficient (Wildman–Crippen LogP) is 1.50. The zero-order valence-electron chi connectivity index (χ0n) is 8.68. The second-order valence-electron chi connectivity index (χ2n) is 3.49. The van der Waals surface area contributed by atoms with Crippen molar-refractivity contribution < 1.29 is 0 Å². The van der Waals surface area contributed by atoms with Gasteiger partial charge in [-0.05, 0) is 13.0 Å². The number of fused-ring (bicyclic) bond motifs is 1. The minimum atomic E-state index is 0.696. The highest BCUT2D eigenvalue weighted by Gasteiger charge is 2.03. The Kier molecular flexibility index (Phi) is 1.86. The van der Waals surface area contributed by atoms with Crippen LogP contribution >= 0.6 is 0 Å². The first kappa shape index (κ1) is 8.90.